The van der Waals surface area contributed by atoms with E-state index in [4.69, 9.17) is 4.74 Å². The number of likely N-dealkylation sites (tertiary alicyclic amines) is 2. The summed E-state index contributed by atoms with van der Waals surface area (Å²) in [7, 11) is 0. The van der Waals surface area contributed by atoms with Gasteiger partial charge >= 0.3 is 0 Å². The van der Waals surface area contributed by atoms with Gasteiger partial charge in [-0.2, -0.15) is 0 Å². The number of ether oxygens (including phenoxy) is 1. The molecule has 0 aliphatic carbocycles. The maximum Gasteiger partial charge on any atom is 0.219 e. The summed E-state index contributed by atoms with van der Waals surface area (Å²) in [6.45, 7) is 6.46. The molecule has 1 N–H and O–H groups in total. The lowest BCUT2D eigenvalue weighted by atomic mass is 10.0. The van der Waals surface area contributed by atoms with E-state index in [1.807, 2.05) is 36.1 Å². The Bertz CT molecular complexity index is 592. The lowest BCUT2D eigenvalue weighted by molar-refractivity contribution is -0.130. The molecule has 5 heteroatoms. The van der Waals surface area contributed by atoms with Gasteiger partial charge in [-0.05, 0) is 50.8 Å². The molecule has 3 rings (SSSR count). The molecule has 0 radical (unpaired) electrons. The van der Waals surface area contributed by atoms with E-state index < -0.39 is 6.10 Å². The van der Waals surface area contributed by atoms with Gasteiger partial charge in [0, 0.05) is 32.1 Å². The number of aryl methyl sites for hydroxylation is 1. The largest absolute Gasteiger partial charge is 0.491 e. The number of aliphatic hydroxyl groups is 1. The molecule has 2 saturated heterocycles. The Labute approximate surface area is 150 Å². The van der Waals surface area contributed by atoms with Crippen molar-refractivity contribution >= 4 is 5.91 Å². The molecule has 0 saturated carbocycles. The highest BCUT2D eigenvalue weighted by Crippen LogP contribution is 2.30. The number of benzene rings is 1. The number of aliphatic hydroxyl groups excluding tert-OH is 1. The Hall–Kier alpha value is -1.59. The van der Waals surface area contributed by atoms with Crippen molar-refractivity contribution in [2.24, 2.45) is 0 Å². The number of β-amino-alcohol motifs (C(OH)–C–C–N with tert-alkyl or cyclic N) is 1. The van der Waals surface area contributed by atoms with Crippen molar-refractivity contribution < 1.29 is 14.6 Å². The van der Waals surface area contributed by atoms with Gasteiger partial charge in [-0.1, -0.05) is 18.2 Å². The third-order valence-corrected chi connectivity index (χ3v) is 5.53. The first-order valence-corrected chi connectivity index (χ1v) is 9.44. The first-order valence-electron chi connectivity index (χ1n) is 9.44. The number of hydrogen-bond acceptors (Lipinski definition) is 4. The van der Waals surface area contributed by atoms with E-state index in [0.717, 1.165) is 50.1 Å². The van der Waals surface area contributed by atoms with Crippen molar-refractivity contribution in [3.8, 4) is 5.75 Å². The Morgan fingerprint density at radius 3 is 2.72 bits per heavy atom. The molecule has 0 unspecified atom stereocenters. The molecule has 1 aromatic rings. The summed E-state index contributed by atoms with van der Waals surface area (Å²) in [6, 6.07) is 8.56. The first-order chi connectivity index (χ1) is 12.1. The maximum absolute atomic E-state index is 11.9. The van der Waals surface area contributed by atoms with Crippen molar-refractivity contribution in [3.63, 3.8) is 0 Å². The molecule has 2 aliphatic heterocycles. The molecule has 2 aliphatic rings. The average molecular weight is 346 g/mol. The Morgan fingerprint density at radius 1 is 1.24 bits per heavy atom. The topological polar surface area (TPSA) is 53.0 Å². The minimum absolute atomic E-state index is 0.179. The third-order valence-electron chi connectivity index (χ3n) is 5.53. The lowest BCUT2D eigenvalue weighted by Crippen LogP contribution is -2.49. The minimum Gasteiger partial charge on any atom is -0.491 e. The number of nitrogens with zero attached hydrogens (tertiary/aromatic N) is 2. The van der Waals surface area contributed by atoms with Crippen molar-refractivity contribution in [3.05, 3.63) is 29.8 Å². The van der Waals surface area contributed by atoms with Gasteiger partial charge in [-0.3, -0.25) is 9.69 Å². The second kappa shape index (κ2) is 8.19. The fourth-order valence-corrected chi connectivity index (χ4v) is 4.33. The minimum atomic E-state index is -0.521. The van der Waals surface area contributed by atoms with Crippen LogP contribution in [0.2, 0.25) is 0 Å². The van der Waals surface area contributed by atoms with Crippen molar-refractivity contribution in [2.45, 2.75) is 57.7 Å². The number of rotatable bonds is 6. The standard InChI is InChI=1S/C20H30N2O3/c1-15-7-3-4-10-20(15)25-14-17(24)13-21-11-5-8-18(21)19-9-6-12-22(19)16(2)23/h3-4,7,10,17-19,24H,5-6,8-9,11-14H2,1-2H3/t17-,18-,19+/m0/s1. The highest BCUT2D eigenvalue weighted by atomic mass is 16.5. The summed E-state index contributed by atoms with van der Waals surface area (Å²) in [6.07, 6.45) is 3.90. The van der Waals surface area contributed by atoms with Crippen LogP contribution in [0.5, 0.6) is 5.75 Å². The Kier molecular flexibility index (Phi) is 5.97. The summed E-state index contributed by atoms with van der Waals surface area (Å²) in [5.74, 6) is 1.01. The van der Waals surface area contributed by atoms with Crippen molar-refractivity contribution in [2.75, 3.05) is 26.2 Å². The number of carbonyl (C=O) groups excluding carboxylic acids is 1. The van der Waals surface area contributed by atoms with Crippen LogP contribution in [0.4, 0.5) is 0 Å². The number of amides is 1. The fourth-order valence-electron chi connectivity index (χ4n) is 4.33. The summed E-state index contributed by atoms with van der Waals surface area (Å²) in [5.41, 5.74) is 1.08. The molecule has 25 heavy (non-hydrogen) atoms. The number of para-hydroxylation sites is 1. The van der Waals surface area contributed by atoms with Crippen LogP contribution in [0.1, 0.15) is 38.2 Å². The molecule has 5 nitrogen and oxygen atoms in total. The van der Waals surface area contributed by atoms with Gasteiger partial charge in [0.05, 0.1) is 0 Å². The summed E-state index contributed by atoms with van der Waals surface area (Å²) >= 11 is 0. The molecular weight excluding hydrogens is 316 g/mol. The smallest absolute Gasteiger partial charge is 0.219 e. The van der Waals surface area contributed by atoms with Crippen LogP contribution in [-0.4, -0.2) is 65.2 Å². The molecule has 0 bridgehead atoms. The monoisotopic (exact) mass is 346 g/mol. The van der Waals surface area contributed by atoms with Crippen molar-refractivity contribution in [1.29, 1.82) is 0 Å². The fraction of sp³-hybridized carbons (Fsp3) is 0.650. The predicted octanol–water partition coefficient (Wildman–Crippen LogP) is 2.21. The van der Waals surface area contributed by atoms with E-state index in [-0.39, 0.29) is 5.91 Å². The molecule has 3 atom stereocenters. The molecule has 2 heterocycles. The Morgan fingerprint density at radius 2 is 1.96 bits per heavy atom. The second-order valence-electron chi connectivity index (χ2n) is 7.36. The summed E-state index contributed by atoms with van der Waals surface area (Å²) < 4.78 is 5.79. The second-order valence-corrected chi connectivity index (χ2v) is 7.36. The number of hydrogen-bond donors (Lipinski definition) is 1. The van der Waals surface area contributed by atoms with E-state index in [1.54, 1.807) is 6.92 Å². The summed E-state index contributed by atoms with van der Waals surface area (Å²) in [5, 5.41) is 10.5. The maximum atomic E-state index is 11.9. The molecule has 2 fully saturated rings. The van der Waals surface area contributed by atoms with Gasteiger partial charge in [0.15, 0.2) is 0 Å². The van der Waals surface area contributed by atoms with E-state index in [9.17, 15) is 9.90 Å². The highest BCUT2D eigenvalue weighted by Gasteiger charge is 2.39. The predicted molar refractivity (Wildman–Crippen MR) is 97.7 cm³/mol. The molecule has 0 aromatic heterocycles. The van der Waals surface area contributed by atoms with Crippen LogP contribution in [0.3, 0.4) is 0 Å². The van der Waals surface area contributed by atoms with Crippen LogP contribution in [0.25, 0.3) is 0 Å². The zero-order valence-corrected chi connectivity index (χ0v) is 15.4. The van der Waals surface area contributed by atoms with E-state index >= 15 is 0 Å². The number of carbonyl (C=O) groups is 1. The lowest BCUT2D eigenvalue weighted by Gasteiger charge is -2.35. The van der Waals surface area contributed by atoms with E-state index in [1.165, 1.54) is 0 Å². The van der Waals surface area contributed by atoms with Crippen LogP contribution in [0.15, 0.2) is 24.3 Å². The average Bonchev–Trinajstić information content (AvgIpc) is 3.22. The molecular formula is C20H30N2O3. The van der Waals surface area contributed by atoms with Gasteiger partial charge in [0.1, 0.15) is 18.5 Å². The van der Waals surface area contributed by atoms with Gasteiger partial charge in [-0.25, -0.2) is 0 Å². The van der Waals surface area contributed by atoms with E-state index in [2.05, 4.69) is 4.90 Å². The zero-order chi connectivity index (χ0) is 17.8. The highest BCUT2D eigenvalue weighted by molar-refractivity contribution is 5.74. The quantitative estimate of drug-likeness (QED) is 0.858. The molecule has 1 amide bonds. The normalized spacial score (nSPS) is 25.3. The molecule has 138 valence electrons. The van der Waals surface area contributed by atoms with Gasteiger partial charge in [0.2, 0.25) is 5.91 Å². The first kappa shape index (κ1) is 18.2. The SMILES string of the molecule is CC(=O)N1CCC[C@@H]1[C@@H]1CCCN1C[C@H](O)COc1ccccc1C. The van der Waals surface area contributed by atoms with Gasteiger partial charge in [0.25, 0.3) is 0 Å². The van der Waals surface area contributed by atoms with Crippen LogP contribution < -0.4 is 4.74 Å². The Balaban J connectivity index is 1.54. The van der Waals surface area contributed by atoms with Gasteiger partial charge in [-0.15, -0.1) is 0 Å². The van der Waals surface area contributed by atoms with Crippen molar-refractivity contribution in [1.82, 2.24) is 9.80 Å². The molecule has 0 spiro atoms. The zero-order valence-electron chi connectivity index (χ0n) is 15.4. The molecule has 1 aromatic carbocycles. The van der Waals surface area contributed by atoms with Crippen LogP contribution in [0, 0.1) is 6.92 Å². The summed E-state index contributed by atoms with van der Waals surface area (Å²) in [4.78, 5) is 16.3. The van der Waals surface area contributed by atoms with Gasteiger partial charge < -0.3 is 14.7 Å². The van der Waals surface area contributed by atoms with E-state index in [0.29, 0.717) is 25.2 Å². The van der Waals surface area contributed by atoms with Crippen LogP contribution in [-0.2, 0) is 4.79 Å². The van der Waals surface area contributed by atoms with Crippen LogP contribution >= 0.6 is 0 Å². The third kappa shape index (κ3) is 4.33.